The van der Waals surface area contributed by atoms with Gasteiger partial charge in [0.15, 0.2) is 0 Å². The fourth-order valence-electron chi connectivity index (χ4n) is 2.56. The van der Waals surface area contributed by atoms with E-state index >= 15 is 0 Å². The summed E-state index contributed by atoms with van der Waals surface area (Å²) in [5.74, 6) is 3.53. The van der Waals surface area contributed by atoms with E-state index in [1.807, 2.05) is 0 Å². The van der Waals surface area contributed by atoms with Crippen molar-refractivity contribution < 1.29 is 0 Å². The molecule has 0 saturated carbocycles. The van der Waals surface area contributed by atoms with Crippen LogP contribution in [0.15, 0.2) is 18.2 Å². The van der Waals surface area contributed by atoms with E-state index in [-0.39, 0.29) is 0 Å². The Hall–Kier alpha value is -0.470. The minimum atomic E-state index is 0.645. The highest BCUT2D eigenvalue weighted by Crippen LogP contribution is 2.27. The van der Waals surface area contributed by atoms with Gasteiger partial charge in [-0.15, -0.1) is 0 Å². The van der Waals surface area contributed by atoms with Crippen molar-refractivity contribution in [2.75, 3.05) is 18.6 Å². The highest BCUT2D eigenvalue weighted by Gasteiger charge is 2.24. The molecule has 1 N–H and O–H groups in total. The van der Waals surface area contributed by atoms with E-state index < -0.39 is 0 Å². The fourth-order valence-corrected chi connectivity index (χ4v) is 3.90. The molecule has 0 radical (unpaired) electrons. The second-order valence-corrected chi connectivity index (χ2v) is 6.29. The van der Waals surface area contributed by atoms with Gasteiger partial charge >= 0.3 is 0 Å². The minimum absolute atomic E-state index is 0.645. The summed E-state index contributed by atoms with van der Waals surface area (Å²) in [5.41, 5.74) is 4.29. The van der Waals surface area contributed by atoms with Crippen LogP contribution in [-0.2, 0) is 6.42 Å². The molecule has 1 saturated heterocycles. The Morgan fingerprint density at radius 1 is 1.35 bits per heavy atom. The molecule has 1 heterocycles. The Morgan fingerprint density at radius 3 is 2.76 bits per heavy atom. The van der Waals surface area contributed by atoms with Gasteiger partial charge in [0.1, 0.15) is 0 Å². The maximum Gasteiger partial charge on any atom is 0.0141 e. The highest BCUT2D eigenvalue weighted by atomic mass is 32.2. The zero-order chi connectivity index (χ0) is 12.3. The van der Waals surface area contributed by atoms with Crippen molar-refractivity contribution in [2.24, 2.45) is 5.92 Å². The van der Waals surface area contributed by atoms with Crippen LogP contribution in [0.3, 0.4) is 0 Å². The molecule has 1 aromatic rings. The van der Waals surface area contributed by atoms with E-state index in [1.54, 1.807) is 0 Å². The Kier molecular flexibility index (Phi) is 4.52. The average molecular weight is 249 g/mol. The monoisotopic (exact) mass is 249 g/mol. The Morgan fingerprint density at radius 2 is 2.18 bits per heavy atom. The van der Waals surface area contributed by atoms with Crippen molar-refractivity contribution in [3.8, 4) is 0 Å². The third kappa shape index (κ3) is 3.26. The molecule has 94 valence electrons. The lowest BCUT2D eigenvalue weighted by atomic mass is 9.92. The molecule has 2 rings (SSSR count). The van der Waals surface area contributed by atoms with Crippen molar-refractivity contribution in [2.45, 2.75) is 32.7 Å². The first-order valence-electron chi connectivity index (χ1n) is 6.52. The summed E-state index contributed by atoms with van der Waals surface area (Å²) < 4.78 is 0. The quantitative estimate of drug-likeness (QED) is 0.879. The van der Waals surface area contributed by atoms with Crippen LogP contribution in [0.1, 0.15) is 23.1 Å². The van der Waals surface area contributed by atoms with Gasteiger partial charge in [0.2, 0.25) is 0 Å². The van der Waals surface area contributed by atoms with Gasteiger partial charge in [0.05, 0.1) is 0 Å². The second-order valence-electron chi connectivity index (χ2n) is 5.14. The van der Waals surface area contributed by atoms with E-state index in [9.17, 15) is 0 Å². The zero-order valence-electron chi connectivity index (χ0n) is 11.1. The van der Waals surface area contributed by atoms with Gasteiger partial charge < -0.3 is 5.32 Å². The molecular weight excluding hydrogens is 226 g/mol. The highest BCUT2D eigenvalue weighted by molar-refractivity contribution is 7.99. The van der Waals surface area contributed by atoms with Gasteiger partial charge in [-0.2, -0.15) is 11.8 Å². The van der Waals surface area contributed by atoms with Crippen LogP contribution < -0.4 is 5.32 Å². The lowest BCUT2D eigenvalue weighted by Gasteiger charge is -2.22. The van der Waals surface area contributed by atoms with Gasteiger partial charge in [-0.05, 0) is 67.9 Å². The molecule has 17 heavy (non-hydrogen) atoms. The fraction of sp³-hybridized carbons (Fsp3) is 0.600. The summed E-state index contributed by atoms with van der Waals surface area (Å²) in [6.07, 6.45) is 2.55. The van der Waals surface area contributed by atoms with E-state index in [0.717, 1.165) is 5.92 Å². The van der Waals surface area contributed by atoms with Crippen LogP contribution in [0.2, 0.25) is 0 Å². The van der Waals surface area contributed by atoms with E-state index in [2.05, 4.69) is 56.2 Å². The predicted octanol–water partition coefficient (Wildman–Crippen LogP) is 3.19. The normalized spacial score (nSPS) is 21.7. The SMILES string of the molecule is CNC(Cc1ccc(C)c(C)c1)C1CCSC1. The minimum Gasteiger partial charge on any atom is -0.316 e. The lowest BCUT2D eigenvalue weighted by molar-refractivity contribution is 0.404. The van der Waals surface area contributed by atoms with Crippen molar-refractivity contribution in [1.29, 1.82) is 0 Å². The largest absolute Gasteiger partial charge is 0.316 e. The van der Waals surface area contributed by atoms with Crippen LogP contribution >= 0.6 is 11.8 Å². The van der Waals surface area contributed by atoms with Gasteiger partial charge in [0, 0.05) is 6.04 Å². The number of hydrogen-bond donors (Lipinski definition) is 1. The van der Waals surface area contributed by atoms with Crippen LogP contribution in [0.5, 0.6) is 0 Å². The summed E-state index contributed by atoms with van der Waals surface area (Å²) in [5, 5.41) is 3.51. The molecule has 1 nitrogen and oxygen atoms in total. The molecule has 1 fully saturated rings. The first-order chi connectivity index (χ1) is 8.20. The summed E-state index contributed by atoms with van der Waals surface area (Å²) >= 11 is 2.10. The molecule has 0 amide bonds. The maximum atomic E-state index is 3.51. The standard InChI is InChI=1S/C15H23NS/c1-11-4-5-13(8-12(11)2)9-15(16-3)14-6-7-17-10-14/h4-5,8,14-16H,6-7,9-10H2,1-3H3. The van der Waals surface area contributed by atoms with Crippen LogP contribution in [0.25, 0.3) is 0 Å². The maximum absolute atomic E-state index is 3.51. The Labute approximate surface area is 109 Å². The molecule has 0 aliphatic carbocycles. The molecule has 1 aliphatic rings. The third-order valence-corrected chi connectivity index (χ3v) is 5.12. The van der Waals surface area contributed by atoms with E-state index in [4.69, 9.17) is 0 Å². The molecule has 1 aliphatic heterocycles. The van der Waals surface area contributed by atoms with Crippen molar-refractivity contribution >= 4 is 11.8 Å². The van der Waals surface area contributed by atoms with Gasteiger partial charge in [-0.1, -0.05) is 18.2 Å². The summed E-state index contributed by atoms with van der Waals surface area (Å²) in [6.45, 7) is 4.39. The molecule has 2 atom stereocenters. The average Bonchev–Trinajstić information content (AvgIpc) is 2.84. The molecule has 0 aromatic heterocycles. The van der Waals surface area contributed by atoms with Crippen molar-refractivity contribution in [3.05, 3.63) is 34.9 Å². The van der Waals surface area contributed by atoms with Crippen LogP contribution in [0, 0.1) is 19.8 Å². The Balaban J connectivity index is 2.04. The molecule has 0 bridgehead atoms. The molecular formula is C15H23NS. The number of likely N-dealkylation sites (N-methyl/N-ethyl adjacent to an activating group) is 1. The van der Waals surface area contributed by atoms with Crippen LogP contribution in [0.4, 0.5) is 0 Å². The molecule has 2 unspecified atom stereocenters. The number of rotatable bonds is 4. The zero-order valence-corrected chi connectivity index (χ0v) is 11.9. The van der Waals surface area contributed by atoms with Crippen molar-refractivity contribution in [1.82, 2.24) is 5.32 Å². The molecule has 2 heteroatoms. The van der Waals surface area contributed by atoms with Crippen LogP contribution in [-0.4, -0.2) is 24.6 Å². The summed E-state index contributed by atoms with van der Waals surface area (Å²) in [6, 6.07) is 7.53. The molecule has 0 spiro atoms. The number of nitrogens with one attached hydrogen (secondary N) is 1. The number of aryl methyl sites for hydroxylation is 2. The molecule has 1 aromatic carbocycles. The summed E-state index contributed by atoms with van der Waals surface area (Å²) in [4.78, 5) is 0. The third-order valence-electron chi connectivity index (χ3n) is 3.93. The predicted molar refractivity (Wildman–Crippen MR) is 77.9 cm³/mol. The number of hydrogen-bond acceptors (Lipinski definition) is 2. The topological polar surface area (TPSA) is 12.0 Å². The number of benzene rings is 1. The van der Waals surface area contributed by atoms with Gasteiger partial charge in [-0.25, -0.2) is 0 Å². The first-order valence-corrected chi connectivity index (χ1v) is 7.67. The van der Waals surface area contributed by atoms with Crippen molar-refractivity contribution in [3.63, 3.8) is 0 Å². The lowest BCUT2D eigenvalue weighted by Crippen LogP contribution is -2.35. The summed E-state index contributed by atoms with van der Waals surface area (Å²) in [7, 11) is 2.11. The Bertz CT molecular complexity index is 369. The number of thioether (sulfide) groups is 1. The smallest absolute Gasteiger partial charge is 0.0141 e. The van der Waals surface area contributed by atoms with E-state index in [0.29, 0.717) is 6.04 Å². The van der Waals surface area contributed by atoms with E-state index in [1.165, 1.54) is 41.0 Å². The van der Waals surface area contributed by atoms with Gasteiger partial charge in [0.25, 0.3) is 0 Å². The van der Waals surface area contributed by atoms with Gasteiger partial charge in [-0.3, -0.25) is 0 Å². The first kappa shape index (κ1) is 13.0. The second kappa shape index (κ2) is 5.92.